The van der Waals surface area contributed by atoms with Crippen molar-refractivity contribution in [3.8, 4) is 0 Å². The zero-order valence-corrected chi connectivity index (χ0v) is 14.8. The average Bonchev–Trinajstić information content (AvgIpc) is 3.00. The van der Waals surface area contributed by atoms with Crippen LogP contribution in [0.25, 0.3) is 11.0 Å². The number of fused-ring (bicyclic) bond motifs is 1. The Labute approximate surface area is 142 Å². The lowest BCUT2D eigenvalue weighted by molar-refractivity contribution is 0.578. The Balaban J connectivity index is 1.75. The summed E-state index contributed by atoms with van der Waals surface area (Å²) >= 11 is 0. The molecule has 126 valence electrons. The number of benzene rings is 2. The second-order valence-corrected chi connectivity index (χ2v) is 8.62. The Morgan fingerprint density at radius 2 is 1.79 bits per heavy atom. The number of imidazole rings is 1. The molecule has 3 rings (SSSR count). The van der Waals surface area contributed by atoms with E-state index in [2.05, 4.69) is 35.5 Å². The van der Waals surface area contributed by atoms with Crippen LogP contribution < -0.4 is 4.72 Å². The van der Waals surface area contributed by atoms with E-state index in [1.165, 1.54) is 0 Å². The van der Waals surface area contributed by atoms with E-state index in [9.17, 15) is 8.42 Å². The third-order valence-electron chi connectivity index (χ3n) is 3.98. The first-order valence-corrected chi connectivity index (χ1v) is 9.26. The molecule has 0 amide bonds. The topological polar surface area (TPSA) is 74.8 Å². The van der Waals surface area contributed by atoms with Gasteiger partial charge in [-0.25, -0.2) is 18.1 Å². The Kier molecular flexibility index (Phi) is 4.19. The quantitative estimate of drug-likeness (QED) is 0.763. The zero-order valence-electron chi connectivity index (χ0n) is 14.0. The van der Waals surface area contributed by atoms with Crippen LogP contribution in [0.3, 0.4) is 0 Å². The Morgan fingerprint density at radius 1 is 1.08 bits per heavy atom. The molecule has 0 spiro atoms. The first kappa shape index (κ1) is 16.7. The molecule has 1 aromatic heterocycles. The van der Waals surface area contributed by atoms with Crippen LogP contribution in [-0.2, 0) is 22.0 Å². The largest absolute Gasteiger partial charge is 0.345 e. The van der Waals surface area contributed by atoms with Crippen molar-refractivity contribution in [3.05, 3.63) is 59.9 Å². The van der Waals surface area contributed by atoms with Gasteiger partial charge >= 0.3 is 0 Å². The number of rotatable bonds is 4. The molecule has 2 N–H and O–H groups in total. The molecule has 2 aromatic carbocycles. The van der Waals surface area contributed by atoms with Gasteiger partial charge in [-0.3, -0.25) is 0 Å². The molecular weight excluding hydrogens is 322 g/mol. The summed E-state index contributed by atoms with van der Waals surface area (Å²) in [5.74, 6) is 0. The molecule has 0 bridgehead atoms. The molecule has 0 unspecified atom stereocenters. The molecule has 0 aliphatic rings. The van der Waals surface area contributed by atoms with Gasteiger partial charge in [0.05, 0.1) is 22.3 Å². The van der Waals surface area contributed by atoms with Crippen LogP contribution >= 0.6 is 0 Å². The van der Waals surface area contributed by atoms with Gasteiger partial charge in [0.1, 0.15) is 0 Å². The van der Waals surface area contributed by atoms with Gasteiger partial charge in [0.2, 0.25) is 10.0 Å². The van der Waals surface area contributed by atoms with Crippen molar-refractivity contribution >= 4 is 21.1 Å². The minimum atomic E-state index is -3.54. The van der Waals surface area contributed by atoms with Crippen molar-refractivity contribution in [1.82, 2.24) is 14.7 Å². The van der Waals surface area contributed by atoms with Gasteiger partial charge in [0.25, 0.3) is 0 Å². The first-order valence-electron chi connectivity index (χ1n) is 7.78. The summed E-state index contributed by atoms with van der Waals surface area (Å²) in [7, 11) is -3.54. The van der Waals surface area contributed by atoms with Gasteiger partial charge in [0.15, 0.2) is 0 Å². The summed E-state index contributed by atoms with van der Waals surface area (Å²) in [6.07, 6.45) is 1.62. The molecule has 0 aliphatic carbocycles. The SMILES string of the molecule is CC(C)(C)c1ccc(S(=O)(=O)NCc2ccc3nc[nH]c3c2)cc1. The van der Waals surface area contributed by atoms with Gasteiger partial charge in [-0.05, 0) is 40.8 Å². The predicted molar refractivity (Wildman–Crippen MR) is 95.3 cm³/mol. The van der Waals surface area contributed by atoms with Crippen LogP contribution in [0.1, 0.15) is 31.9 Å². The number of H-pyrrole nitrogens is 1. The maximum atomic E-state index is 12.4. The molecule has 0 fully saturated rings. The van der Waals surface area contributed by atoms with E-state index in [1.807, 2.05) is 30.3 Å². The molecular formula is C18H21N3O2S. The highest BCUT2D eigenvalue weighted by molar-refractivity contribution is 7.89. The lowest BCUT2D eigenvalue weighted by atomic mass is 9.87. The number of hydrogen-bond acceptors (Lipinski definition) is 3. The molecule has 6 heteroatoms. The number of aromatic amines is 1. The average molecular weight is 343 g/mol. The molecule has 0 saturated carbocycles. The molecule has 3 aromatic rings. The predicted octanol–water partition coefficient (Wildman–Crippen LogP) is 3.34. The normalized spacial score (nSPS) is 12.6. The van der Waals surface area contributed by atoms with Crippen LogP contribution in [0.2, 0.25) is 0 Å². The standard InChI is InChI=1S/C18H21N3O2S/c1-18(2,3)14-5-7-15(8-6-14)24(22,23)21-11-13-4-9-16-17(10-13)20-12-19-16/h4-10,12,21H,11H2,1-3H3,(H,19,20). The maximum absolute atomic E-state index is 12.4. The highest BCUT2D eigenvalue weighted by Gasteiger charge is 2.17. The minimum absolute atomic E-state index is 0.00475. The molecule has 0 radical (unpaired) electrons. The number of nitrogens with one attached hydrogen (secondary N) is 2. The highest BCUT2D eigenvalue weighted by atomic mass is 32.2. The number of sulfonamides is 1. The Hall–Kier alpha value is -2.18. The van der Waals surface area contributed by atoms with Crippen LogP contribution in [-0.4, -0.2) is 18.4 Å². The fourth-order valence-corrected chi connectivity index (χ4v) is 3.51. The summed E-state index contributed by atoms with van der Waals surface area (Å²) in [4.78, 5) is 7.45. The zero-order chi connectivity index (χ0) is 17.4. The van der Waals surface area contributed by atoms with E-state index in [0.29, 0.717) is 0 Å². The van der Waals surface area contributed by atoms with E-state index in [0.717, 1.165) is 22.2 Å². The fraction of sp³-hybridized carbons (Fsp3) is 0.278. The number of aromatic nitrogens is 2. The second kappa shape index (κ2) is 6.03. The van der Waals surface area contributed by atoms with Crippen LogP contribution in [0.4, 0.5) is 0 Å². The van der Waals surface area contributed by atoms with Crippen LogP contribution in [0.5, 0.6) is 0 Å². The highest BCUT2D eigenvalue weighted by Crippen LogP contribution is 2.23. The lowest BCUT2D eigenvalue weighted by Gasteiger charge is -2.19. The second-order valence-electron chi connectivity index (χ2n) is 6.85. The van der Waals surface area contributed by atoms with E-state index >= 15 is 0 Å². The van der Waals surface area contributed by atoms with Crippen LogP contribution in [0, 0.1) is 0 Å². The molecule has 5 nitrogen and oxygen atoms in total. The molecule has 0 aliphatic heterocycles. The van der Waals surface area contributed by atoms with E-state index in [1.54, 1.807) is 18.5 Å². The van der Waals surface area contributed by atoms with Gasteiger partial charge in [-0.2, -0.15) is 0 Å². The third kappa shape index (κ3) is 3.49. The van der Waals surface area contributed by atoms with Crippen molar-refractivity contribution in [2.45, 2.75) is 37.6 Å². The maximum Gasteiger partial charge on any atom is 0.240 e. The van der Waals surface area contributed by atoms with Crippen molar-refractivity contribution in [1.29, 1.82) is 0 Å². The molecule has 0 atom stereocenters. The van der Waals surface area contributed by atoms with Gasteiger partial charge in [0, 0.05) is 6.54 Å². The van der Waals surface area contributed by atoms with Crippen LogP contribution in [0.15, 0.2) is 53.7 Å². The smallest absolute Gasteiger partial charge is 0.240 e. The molecule has 0 saturated heterocycles. The fourth-order valence-electron chi connectivity index (χ4n) is 2.49. The van der Waals surface area contributed by atoms with Crippen molar-refractivity contribution in [3.63, 3.8) is 0 Å². The number of nitrogens with zero attached hydrogens (tertiary/aromatic N) is 1. The molecule has 1 heterocycles. The Morgan fingerprint density at radius 3 is 2.46 bits per heavy atom. The summed E-state index contributed by atoms with van der Waals surface area (Å²) in [6, 6.07) is 12.7. The van der Waals surface area contributed by atoms with Gasteiger partial charge in [-0.15, -0.1) is 0 Å². The van der Waals surface area contributed by atoms with E-state index in [4.69, 9.17) is 0 Å². The Bertz CT molecular complexity index is 952. The van der Waals surface area contributed by atoms with Gasteiger partial charge in [-0.1, -0.05) is 39.0 Å². The molecule has 24 heavy (non-hydrogen) atoms. The number of hydrogen-bond donors (Lipinski definition) is 2. The van der Waals surface area contributed by atoms with Crippen molar-refractivity contribution < 1.29 is 8.42 Å². The summed E-state index contributed by atoms with van der Waals surface area (Å²) in [6.45, 7) is 6.53. The first-order chi connectivity index (χ1) is 11.3. The third-order valence-corrected chi connectivity index (χ3v) is 5.40. The summed E-state index contributed by atoms with van der Waals surface area (Å²) < 4.78 is 27.5. The monoisotopic (exact) mass is 343 g/mol. The summed E-state index contributed by atoms with van der Waals surface area (Å²) in [5.41, 5.74) is 3.73. The summed E-state index contributed by atoms with van der Waals surface area (Å²) in [5, 5.41) is 0. The van der Waals surface area contributed by atoms with Crippen molar-refractivity contribution in [2.75, 3.05) is 0 Å². The lowest BCUT2D eigenvalue weighted by Crippen LogP contribution is -2.23. The minimum Gasteiger partial charge on any atom is -0.345 e. The van der Waals surface area contributed by atoms with Gasteiger partial charge < -0.3 is 4.98 Å². The van der Waals surface area contributed by atoms with Crippen molar-refractivity contribution in [2.24, 2.45) is 0 Å². The van der Waals surface area contributed by atoms with E-state index < -0.39 is 10.0 Å². The van der Waals surface area contributed by atoms with E-state index in [-0.39, 0.29) is 16.9 Å².